The second-order valence-corrected chi connectivity index (χ2v) is 7.80. The minimum Gasteiger partial charge on any atom is -0.495 e. The van der Waals surface area contributed by atoms with Gasteiger partial charge < -0.3 is 10.1 Å². The molecule has 0 bridgehead atoms. The summed E-state index contributed by atoms with van der Waals surface area (Å²) in [6, 6.07) is 9.51. The van der Waals surface area contributed by atoms with E-state index in [0.29, 0.717) is 42.6 Å². The third-order valence-electron chi connectivity index (χ3n) is 4.48. The van der Waals surface area contributed by atoms with Crippen LogP contribution in [0.15, 0.2) is 41.2 Å². The zero-order chi connectivity index (χ0) is 20.7. The fourth-order valence-electron chi connectivity index (χ4n) is 3.11. The molecule has 0 fully saturated rings. The fraction of sp³-hybridized carbons (Fsp3) is 0.150. The molecule has 0 radical (unpaired) electrons. The van der Waals surface area contributed by atoms with E-state index < -0.39 is 11.7 Å². The predicted octanol–water partition coefficient (Wildman–Crippen LogP) is 4.36. The van der Waals surface area contributed by atoms with Gasteiger partial charge in [0.2, 0.25) is 5.91 Å². The molecule has 148 valence electrons. The van der Waals surface area contributed by atoms with Gasteiger partial charge in [-0.1, -0.05) is 17.7 Å². The zero-order valence-corrected chi connectivity index (χ0v) is 17.0. The third-order valence-corrected chi connectivity index (χ3v) is 5.91. The molecule has 0 saturated heterocycles. The second-order valence-electron chi connectivity index (χ2n) is 6.34. The van der Waals surface area contributed by atoms with Crippen molar-refractivity contribution in [2.24, 2.45) is 0 Å². The Balaban J connectivity index is 1.68. The molecule has 0 aliphatic rings. The Morgan fingerprint density at radius 2 is 2.14 bits per heavy atom. The summed E-state index contributed by atoms with van der Waals surface area (Å²) >= 11 is 7.23. The first-order valence-corrected chi connectivity index (χ1v) is 9.80. The number of carbonyl (C=O) groups is 1. The third kappa shape index (κ3) is 3.45. The van der Waals surface area contributed by atoms with E-state index in [1.807, 2.05) is 0 Å². The number of nitrogens with zero attached hydrogens (tertiary/aromatic N) is 2. The van der Waals surface area contributed by atoms with Crippen LogP contribution < -0.4 is 15.6 Å². The SMILES string of the molecule is COc1ccc(NC(=O)Cn2c(C)nc3c(sc4cccc(F)c43)c2=O)cc1Cl. The molecule has 2 aromatic heterocycles. The minimum atomic E-state index is -0.424. The van der Waals surface area contributed by atoms with Crippen molar-refractivity contribution in [3.05, 3.63) is 63.4 Å². The minimum absolute atomic E-state index is 0.228. The van der Waals surface area contributed by atoms with Crippen molar-refractivity contribution < 1.29 is 13.9 Å². The molecule has 0 aliphatic carbocycles. The maximum atomic E-state index is 14.2. The van der Waals surface area contributed by atoms with Crippen LogP contribution in [0, 0.1) is 12.7 Å². The number of fused-ring (bicyclic) bond motifs is 3. The molecule has 2 aromatic carbocycles. The highest BCUT2D eigenvalue weighted by atomic mass is 35.5. The molecule has 1 amide bonds. The van der Waals surface area contributed by atoms with Gasteiger partial charge in [-0.25, -0.2) is 9.37 Å². The lowest BCUT2D eigenvalue weighted by Gasteiger charge is -2.11. The van der Waals surface area contributed by atoms with Crippen LogP contribution in [0.25, 0.3) is 20.3 Å². The smallest absolute Gasteiger partial charge is 0.272 e. The van der Waals surface area contributed by atoms with Gasteiger partial charge in [-0.05, 0) is 37.3 Å². The number of benzene rings is 2. The number of hydrogen-bond donors (Lipinski definition) is 1. The van der Waals surface area contributed by atoms with E-state index in [0.717, 1.165) is 11.3 Å². The summed E-state index contributed by atoms with van der Waals surface area (Å²) in [5.74, 6) is -0.0199. The first-order valence-electron chi connectivity index (χ1n) is 8.60. The van der Waals surface area contributed by atoms with Crippen molar-refractivity contribution in [2.45, 2.75) is 13.5 Å². The van der Waals surface area contributed by atoms with Crippen molar-refractivity contribution >= 4 is 54.8 Å². The van der Waals surface area contributed by atoms with Gasteiger partial charge in [-0.2, -0.15) is 0 Å². The van der Waals surface area contributed by atoms with Gasteiger partial charge in [0.15, 0.2) is 0 Å². The number of hydrogen-bond acceptors (Lipinski definition) is 5. The Bertz CT molecular complexity index is 1330. The first-order chi connectivity index (χ1) is 13.9. The van der Waals surface area contributed by atoms with Gasteiger partial charge in [0.25, 0.3) is 5.56 Å². The Labute approximate surface area is 173 Å². The number of aromatic nitrogens is 2. The van der Waals surface area contributed by atoms with Crippen LogP contribution in [0.1, 0.15) is 5.82 Å². The number of rotatable bonds is 4. The summed E-state index contributed by atoms with van der Waals surface area (Å²) in [6.07, 6.45) is 0. The van der Waals surface area contributed by atoms with Crippen LogP contribution in [0.5, 0.6) is 5.75 Å². The van der Waals surface area contributed by atoms with Gasteiger partial charge in [0.05, 0.1) is 23.0 Å². The van der Waals surface area contributed by atoms with Gasteiger partial charge in [0, 0.05) is 10.4 Å². The number of methoxy groups -OCH3 is 1. The van der Waals surface area contributed by atoms with Gasteiger partial charge in [0.1, 0.15) is 28.6 Å². The predicted molar refractivity (Wildman–Crippen MR) is 113 cm³/mol. The van der Waals surface area contributed by atoms with Crippen molar-refractivity contribution in [3.8, 4) is 5.75 Å². The largest absolute Gasteiger partial charge is 0.495 e. The van der Waals surface area contributed by atoms with E-state index >= 15 is 0 Å². The molecule has 4 aromatic rings. The number of nitrogens with one attached hydrogen (secondary N) is 1. The van der Waals surface area contributed by atoms with E-state index in [2.05, 4.69) is 10.3 Å². The maximum absolute atomic E-state index is 14.2. The molecule has 1 N–H and O–H groups in total. The molecule has 4 rings (SSSR count). The normalized spacial score (nSPS) is 11.2. The molecule has 0 unspecified atom stereocenters. The summed E-state index contributed by atoms with van der Waals surface area (Å²) in [4.78, 5) is 29.8. The van der Waals surface area contributed by atoms with E-state index in [9.17, 15) is 14.0 Å². The lowest BCUT2D eigenvalue weighted by atomic mass is 10.2. The van der Waals surface area contributed by atoms with Crippen molar-refractivity contribution in [1.82, 2.24) is 9.55 Å². The molecule has 0 saturated carbocycles. The van der Waals surface area contributed by atoms with Gasteiger partial charge in [-0.3, -0.25) is 14.2 Å². The van der Waals surface area contributed by atoms with Crippen LogP contribution in [0.4, 0.5) is 10.1 Å². The lowest BCUT2D eigenvalue weighted by Crippen LogP contribution is -2.29. The highest BCUT2D eigenvalue weighted by molar-refractivity contribution is 7.25. The second kappa shape index (κ2) is 7.46. The zero-order valence-electron chi connectivity index (χ0n) is 15.5. The lowest BCUT2D eigenvalue weighted by molar-refractivity contribution is -0.116. The summed E-state index contributed by atoms with van der Waals surface area (Å²) < 4.78 is 21.5. The average molecular weight is 432 g/mol. The van der Waals surface area contributed by atoms with E-state index in [4.69, 9.17) is 16.3 Å². The summed E-state index contributed by atoms with van der Waals surface area (Å²) in [6.45, 7) is 1.39. The van der Waals surface area contributed by atoms with Crippen molar-refractivity contribution in [2.75, 3.05) is 12.4 Å². The molecular weight excluding hydrogens is 417 g/mol. The number of amides is 1. The van der Waals surface area contributed by atoms with Crippen LogP contribution in [0.3, 0.4) is 0 Å². The fourth-order valence-corrected chi connectivity index (χ4v) is 4.47. The molecule has 6 nitrogen and oxygen atoms in total. The first kappa shape index (κ1) is 19.4. The van der Waals surface area contributed by atoms with Gasteiger partial charge >= 0.3 is 0 Å². The summed E-state index contributed by atoms with van der Waals surface area (Å²) in [5.41, 5.74) is 0.421. The van der Waals surface area contributed by atoms with Crippen molar-refractivity contribution in [3.63, 3.8) is 0 Å². The molecule has 0 aliphatic heterocycles. The Kier molecular flexibility index (Phi) is 4.97. The maximum Gasteiger partial charge on any atom is 0.272 e. The molecule has 2 heterocycles. The highest BCUT2D eigenvalue weighted by Crippen LogP contribution is 2.32. The Morgan fingerprint density at radius 1 is 1.34 bits per heavy atom. The molecule has 0 atom stereocenters. The average Bonchev–Trinajstić information content (AvgIpc) is 3.05. The van der Waals surface area contributed by atoms with E-state index in [1.165, 1.54) is 17.7 Å². The van der Waals surface area contributed by atoms with Crippen LogP contribution in [-0.4, -0.2) is 22.6 Å². The van der Waals surface area contributed by atoms with Crippen molar-refractivity contribution in [1.29, 1.82) is 0 Å². The highest BCUT2D eigenvalue weighted by Gasteiger charge is 2.18. The molecule has 29 heavy (non-hydrogen) atoms. The molecule has 9 heteroatoms. The van der Waals surface area contributed by atoms with Gasteiger partial charge in [-0.15, -0.1) is 11.3 Å². The topological polar surface area (TPSA) is 73.2 Å². The van der Waals surface area contributed by atoms with E-state index in [-0.39, 0.29) is 12.1 Å². The molecule has 0 spiro atoms. The van der Waals surface area contributed by atoms with Crippen LogP contribution in [0.2, 0.25) is 5.02 Å². The standard InChI is InChI=1S/C20H15ClFN3O3S/c1-10-23-18-17-13(22)4-3-5-15(17)29-19(18)20(27)25(10)9-16(26)24-11-6-7-14(28-2)12(21)8-11/h3-8H,9H2,1-2H3,(H,24,26). The summed E-state index contributed by atoms with van der Waals surface area (Å²) in [5, 5.41) is 3.38. The number of carbonyl (C=O) groups excluding carboxylic acids is 1. The Hall–Kier alpha value is -2.97. The number of anilines is 1. The number of ether oxygens (including phenoxy) is 1. The number of aryl methyl sites for hydroxylation is 1. The Morgan fingerprint density at radius 3 is 2.86 bits per heavy atom. The monoisotopic (exact) mass is 431 g/mol. The van der Waals surface area contributed by atoms with E-state index in [1.54, 1.807) is 37.3 Å². The van der Waals surface area contributed by atoms with Crippen LogP contribution in [-0.2, 0) is 11.3 Å². The number of halogens is 2. The quantitative estimate of drug-likeness (QED) is 0.521. The molecular formula is C20H15ClFN3O3S. The summed E-state index contributed by atoms with van der Waals surface area (Å²) in [7, 11) is 1.50. The number of thiophene rings is 1. The van der Waals surface area contributed by atoms with Crippen LogP contribution >= 0.6 is 22.9 Å².